The second-order valence-corrected chi connectivity index (χ2v) is 4.39. The van der Waals surface area contributed by atoms with Crippen molar-refractivity contribution in [3.05, 3.63) is 53.6 Å². The van der Waals surface area contributed by atoms with E-state index in [9.17, 15) is 0 Å². The van der Waals surface area contributed by atoms with Gasteiger partial charge in [-0.2, -0.15) is 4.68 Å². The van der Waals surface area contributed by atoms with E-state index in [4.69, 9.17) is 17.3 Å². The number of rotatable bonds is 2. The van der Waals surface area contributed by atoms with Gasteiger partial charge in [0.15, 0.2) is 5.82 Å². The number of hydrogen-bond acceptors (Lipinski definition) is 4. The van der Waals surface area contributed by atoms with Crippen LogP contribution in [0.25, 0.3) is 17.1 Å². The molecule has 1 heterocycles. The Hall–Kier alpha value is -2.40. The summed E-state index contributed by atoms with van der Waals surface area (Å²) in [6, 6.07) is 15.0. The molecule has 0 amide bonds. The summed E-state index contributed by atoms with van der Waals surface area (Å²) in [7, 11) is 0. The maximum Gasteiger partial charge on any atom is 0.187 e. The molecule has 94 valence electrons. The monoisotopic (exact) mass is 271 g/mol. The summed E-state index contributed by atoms with van der Waals surface area (Å²) in [6.45, 7) is 0. The van der Waals surface area contributed by atoms with E-state index >= 15 is 0 Å². The minimum absolute atomic E-state index is 0.486. The molecule has 3 aromatic rings. The molecule has 1 aromatic heterocycles. The van der Waals surface area contributed by atoms with Crippen molar-refractivity contribution in [3.63, 3.8) is 0 Å². The lowest BCUT2D eigenvalue weighted by Crippen LogP contribution is -1.99. The maximum atomic E-state index is 6.03. The third-order valence-electron chi connectivity index (χ3n) is 2.73. The quantitative estimate of drug-likeness (QED) is 0.727. The Labute approximate surface area is 114 Å². The highest BCUT2D eigenvalue weighted by Crippen LogP contribution is 2.26. The van der Waals surface area contributed by atoms with E-state index in [0.29, 0.717) is 16.5 Å². The third-order valence-corrected chi connectivity index (χ3v) is 3.06. The first kappa shape index (κ1) is 11.7. The Balaban J connectivity index is 2.12. The van der Waals surface area contributed by atoms with Crippen LogP contribution in [0.15, 0.2) is 48.5 Å². The van der Waals surface area contributed by atoms with Gasteiger partial charge >= 0.3 is 0 Å². The number of anilines is 1. The van der Waals surface area contributed by atoms with Crippen molar-refractivity contribution in [2.24, 2.45) is 0 Å². The van der Waals surface area contributed by atoms with Gasteiger partial charge in [0.05, 0.1) is 16.4 Å². The average molecular weight is 272 g/mol. The van der Waals surface area contributed by atoms with Crippen LogP contribution in [0.5, 0.6) is 0 Å². The summed E-state index contributed by atoms with van der Waals surface area (Å²) in [5.74, 6) is 0.619. The molecule has 0 atom stereocenters. The Morgan fingerprint density at radius 2 is 1.84 bits per heavy atom. The highest BCUT2D eigenvalue weighted by atomic mass is 35.5. The normalized spacial score (nSPS) is 10.6. The van der Waals surface area contributed by atoms with Crippen molar-refractivity contribution >= 4 is 17.3 Å². The minimum Gasteiger partial charge on any atom is -0.398 e. The SMILES string of the molecule is Nc1ccc(-c2nnnn2-c2ccccc2)cc1Cl. The molecular weight excluding hydrogens is 262 g/mol. The number of tetrazole rings is 1. The van der Waals surface area contributed by atoms with Crippen molar-refractivity contribution in [1.29, 1.82) is 0 Å². The second kappa shape index (κ2) is 4.70. The lowest BCUT2D eigenvalue weighted by atomic mass is 10.2. The number of nitrogens with zero attached hydrogens (tertiary/aromatic N) is 4. The Bertz CT molecular complexity index is 708. The van der Waals surface area contributed by atoms with Gasteiger partial charge in [-0.25, -0.2) is 0 Å². The van der Waals surface area contributed by atoms with E-state index in [1.54, 1.807) is 16.8 Å². The predicted octanol–water partition coefficient (Wildman–Crippen LogP) is 2.56. The number of aromatic nitrogens is 4. The first-order chi connectivity index (χ1) is 9.25. The average Bonchev–Trinajstić information content (AvgIpc) is 2.92. The molecule has 0 fully saturated rings. The molecule has 0 aliphatic rings. The van der Waals surface area contributed by atoms with Gasteiger partial charge < -0.3 is 5.73 Å². The Morgan fingerprint density at radius 3 is 2.58 bits per heavy atom. The first-order valence-electron chi connectivity index (χ1n) is 5.65. The van der Waals surface area contributed by atoms with Crippen LogP contribution in [0, 0.1) is 0 Å². The minimum atomic E-state index is 0.486. The number of halogens is 1. The number of nitrogens with two attached hydrogens (primary N) is 1. The van der Waals surface area contributed by atoms with Crippen LogP contribution >= 0.6 is 11.6 Å². The van der Waals surface area contributed by atoms with Crippen LogP contribution in [0.3, 0.4) is 0 Å². The van der Waals surface area contributed by atoms with E-state index in [1.807, 2.05) is 36.4 Å². The summed E-state index contributed by atoms with van der Waals surface area (Å²) in [5.41, 5.74) is 7.93. The zero-order valence-corrected chi connectivity index (χ0v) is 10.6. The molecule has 2 aromatic carbocycles. The molecule has 0 aliphatic carbocycles. The summed E-state index contributed by atoms with van der Waals surface area (Å²) in [4.78, 5) is 0. The summed E-state index contributed by atoms with van der Waals surface area (Å²) in [6.07, 6.45) is 0. The molecule has 0 spiro atoms. The standard InChI is InChI=1S/C13H10ClN5/c14-11-8-9(6-7-12(11)15)13-16-17-18-19(13)10-4-2-1-3-5-10/h1-8H,15H2. The summed E-state index contributed by atoms with van der Waals surface area (Å²) in [5, 5.41) is 12.2. The molecule has 0 saturated carbocycles. The van der Waals surface area contributed by atoms with Crippen molar-refractivity contribution in [3.8, 4) is 17.1 Å². The van der Waals surface area contributed by atoms with Gasteiger partial charge in [0.1, 0.15) is 0 Å². The zero-order valence-electron chi connectivity index (χ0n) is 9.86. The van der Waals surface area contributed by atoms with Crippen LogP contribution in [0.2, 0.25) is 5.02 Å². The van der Waals surface area contributed by atoms with Crippen LogP contribution < -0.4 is 5.73 Å². The molecule has 0 unspecified atom stereocenters. The highest BCUT2D eigenvalue weighted by molar-refractivity contribution is 6.33. The van der Waals surface area contributed by atoms with Crippen molar-refractivity contribution in [1.82, 2.24) is 20.2 Å². The van der Waals surface area contributed by atoms with Gasteiger partial charge in [-0.05, 0) is 40.8 Å². The number of benzene rings is 2. The molecule has 6 heteroatoms. The fourth-order valence-corrected chi connectivity index (χ4v) is 1.96. The van der Waals surface area contributed by atoms with E-state index in [0.717, 1.165) is 11.3 Å². The fraction of sp³-hybridized carbons (Fsp3) is 0. The van der Waals surface area contributed by atoms with Crippen molar-refractivity contribution in [2.75, 3.05) is 5.73 Å². The molecule has 0 bridgehead atoms. The van der Waals surface area contributed by atoms with E-state index < -0.39 is 0 Å². The van der Waals surface area contributed by atoms with E-state index in [2.05, 4.69) is 15.5 Å². The first-order valence-corrected chi connectivity index (χ1v) is 6.03. The van der Waals surface area contributed by atoms with Gasteiger partial charge in [-0.1, -0.05) is 29.8 Å². The lowest BCUT2D eigenvalue weighted by Gasteiger charge is -2.05. The Morgan fingerprint density at radius 1 is 1.05 bits per heavy atom. The van der Waals surface area contributed by atoms with Crippen molar-refractivity contribution < 1.29 is 0 Å². The number of para-hydroxylation sites is 1. The molecular formula is C13H10ClN5. The fourth-order valence-electron chi connectivity index (χ4n) is 1.78. The molecule has 0 aliphatic heterocycles. The van der Waals surface area contributed by atoms with Gasteiger partial charge in [-0.3, -0.25) is 0 Å². The van der Waals surface area contributed by atoms with Crippen LogP contribution in [0.1, 0.15) is 0 Å². The summed E-state index contributed by atoms with van der Waals surface area (Å²) < 4.78 is 1.65. The molecule has 2 N–H and O–H groups in total. The maximum absolute atomic E-state index is 6.03. The Kier molecular flexibility index (Phi) is 2.89. The van der Waals surface area contributed by atoms with Crippen LogP contribution in [0.4, 0.5) is 5.69 Å². The van der Waals surface area contributed by atoms with Crippen LogP contribution in [-0.4, -0.2) is 20.2 Å². The van der Waals surface area contributed by atoms with Gasteiger partial charge in [0, 0.05) is 5.56 Å². The highest BCUT2D eigenvalue weighted by Gasteiger charge is 2.11. The van der Waals surface area contributed by atoms with E-state index in [1.165, 1.54) is 0 Å². The summed E-state index contributed by atoms with van der Waals surface area (Å²) >= 11 is 6.03. The molecule has 0 saturated heterocycles. The third kappa shape index (κ3) is 2.15. The van der Waals surface area contributed by atoms with Crippen LogP contribution in [-0.2, 0) is 0 Å². The lowest BCUT2D eigenvalue weighted by molar-refractivity contribution is 0.791. The molecule has 5 nitrogen and oxygen atoms in total. The molecule has 0 radical (unpaired) electrons. The zero-order chi connectivity index (χ0) is 13.2. The van der Waals surface area contributed by atoms with E-state index in [-0.39, 0.29) is 0 Å². The largest absolute Gasteiger partial charge is 0.398 e. The molecule has 3 rings (SSSR count). The van der Waals surface area contributed by atoms with Gasteiger partial charge in [-0.15, -0.1) is 5.10 Å². The molecule has 19 heavy (non-hydrogen) atoms. The predicted molar refractivity (Wildman–Crippen MR) is 74.0 cm³/mol. The topological polar surface area (TPSA) is 69.6 Å². The second-order valence-electron chi connectivity index (χ2n) is 3.99. The number of hydrogen-bond donors (Lipinski definition) is 1. The van der Waals surface area contributed by atoms with Crippen molar-refractivity contribution in [2.45, 2.75) is 0 Å². The number of nitrogen functional groups attached to an aromatic ring is 1. The smallest absolute Gasteiger partial charge is 0.187 e. The van der Waals surface area contributed by atoms with Gasteiger partial charge in [0.2, 0.25) is 0 Å². The van der Waals surface area contributed by atoms with Gasteiger partial charge in [0.25, 0.3) is 0 Å².